The van der Waals surface area contributed by atoms with Crippen molar-refractivity contribution in [3.63, 3.8) is 0 Å². The van der Waals surface area contributed by atoms with Gasteiger partial charge in [0.1, 0.15) is 23.9 Å². The van der Waals surface area contributed by atoms with E-state index >= 15 is 0 Å². The zero-order valence-corrected chi connectivity index (χ0v) is 14.0. The second-order valence-electron chi connectivity index (χ2n) is 5.39. The zero-order valence-electron chi connectivity index (χ0n) is 14.0. The average molecular weight is 329 g/mol. The molecule has 0 aliphatic carbocycles. The number of hydrogen-bond donors (Lipinski definition) is 0. The number of benzene rings is 2. The van der Waals surface area contributed by atoms with Gasteiger partial charge in [0.25, 0.3) is 0 Å². The molecule has 24 heavy (non-hydrogen) atoms. The molecule has 0 saturated carbocycles. The predicted octanol–water partition coefficient (Wildman–Crippen LogP) is 3.67. The van der Waals surface area contributed by atoms with Crippen molar-refractivity contribution < 1.29 is 18.7 Å². The fraction of sp³-hybridized carbons (Fsp3) is 0.211. The Morgan fingerprint density at radius 1 is 1.17 bits per heavy atom. The molecule has 0 amide bonds. The van der Waals surface area contributed by atoms with Crippen LogP contribution < -0.4 is 9.47 Å². The first-order chi connectivity index (χ1) is 11.5. The highest BCUT2D eigenvalue weighted by Crippen LogP contribution is 2.24. The lowest BCUT2D eigenvalue weighted by molar-refractivity contribution is 0.103. The van der Waals surface area contributed by atoms with Crippen LogP contribution in [-0.2, 0) is 6.61 Å². The first-order valence-corrected chi connectivity index (χ1v) is 7.44. The molecular weight excluding hydrogens is 309 g/mol. The summed E-state index contributed by atoms with van der Waals surface area (Å²) in [6.07, 6.45) is 2.89. The molecule has 2 aromatic rings. The van der Waals surface area contributed by atoms with Crippen LogP contribution in [0.25, 0.3) is 0 Å². The number of hydrogen-bond acceptors (Lipinski definition) is 4. The van der Waals surface area contributed by atoms with Crippen LogP contribution in [0.15, 0.2) is 54.7 Å². The van der Waals surface area contributed by atoms with Gasteiger partial charge in [0.15, 0.2) is 5.78 Å². The van der Waals surface area contributed by atoms with Gasteiger partial charge in [-0.2, -0.15) is 0 Å². The van der Waals surface area contributed by atoms with Gasteiger partial charge in [-0.1, -0.05) is 18.2 Å². The number of ether oxygens (including phenoxy) is 2. The number of carbonyl (C=O) groups is 1. The van der Waals surface area contributed by atoms with E-state index in [1.54, 1.807) is 38.4 Å². The molecule has 0 atom stereocenters. The predicted molar refractivity (Wildman–Crippen MR) is 90.9 cm³/mol. The molecule has 2 rings (SSSR count). The van der Waals surface area contributed by atoms with E-state index in [0.29, 0.717) is 0 Å². The Labute approximate surface area is 141 Å². The molecule has 0 spiro atoms. The van der Waals surface area contributed by atoms with E-state index in [0.717, 1.165) is 11.3 Å². The van der Waals surface area contributed by atoms with Crippen molar-refractivity contribution >= 4 is 5.78 Å². The molecule has 0 bridgehead atoms. The summed E-state index contributed by atoms with van der Waals surface area (Å²) in [5, 5.41) is 0. The summed E-state index contributed by atoms with van der Waals surface area (Å²) >= 11 is 0. The molecule has 0 aliphatic heterocycles. The molecule has 0 saturated heterocycles. The van der Waals surface area contributed by atoms with Crippen LogP contribution in [0.3, 0.4) is 0 Å². The molecular formula is C19H20FNO3. The average Bonchev–Trinajstić information content (AvgIpc) is 2.58. The molecule has 4 nitrogen and oxygen atoms in total. The normalized spacial score (nSPS) is 10.7. The molecule has 0 fully saturated rings. The monoisotopic (exact) mass is 329 g/mol. The van der Waals surface area contributed by atoms with E-state index in [1.165, 1.54) is 18.2 Å². The summed E-state index contributed by atoms with van der Waals surface area (Å²) in [6.45, 7) is 0.227. The summed E-state index contributed by atoms with van der Waals surface area (Å²) in [6, 6.07) is 11.7. The van der Waals surface area contributed by atoms with Gasteiger partial charge >= 0.3 is 0 Å². The maximum Gasteiger partial charge on any atom is 0.193 e. The number of ketones is 1. The van der Waals surface area contributed by atoms with Gasteiger partial charge in [-0.25, -0.2) is 4.39 Å². The maximum absolute atomic E-state index is 14.1. The Morgan fingerprint density at radius 2 is 1.88 bits per heavy atom. The van der Waals surface area contributed by atoms with Crippen LogP contribution in [0, 0.1) is 5.82 Å². The molecule has 0 unspecified atom stereocenters. The van der Waals surface area contributed by atoms with Crippen molar-refractivity contribution in [2.45, 2.75) is 6.61 Å². The number of halogens is 1. The molecule has 0 aromatic heterocycles. The van der Waals surface area contributed by atoms with E-state index in [-0.39, 0.29) is 17.9 Å². The number of carbonyl (C=O) groups excluding carboxylic acids is 1. The first-order valence-electron chi connectivity index (χ1n) is 7.44. The molecule has 126 valence electrons. The summed E-state index contributed by atoms with van der Waals surface area (Å²) in [5.41, 5.74) is 0.825. The van der Waals surface area contributed by atoms with Gasteiger partial charge < -0.3 is 14.4 Å². The van der Waals surface area contributed by atoms with Gasteiger partial charge in [0.2, 0.25) is 0 Å². The van der Waals surface area contributed by atoms with Crippen molar-refractivity contribution in [3.05, 3.63) is 71.7 Å². The van der Waals surface area contributed by atoms with Crippen LogP contribution in [0.4, 0.5) is 4.39 Å². The minimum absolute atomic E-state index is 0.0656. The Bertz CT molecular complexity index is 724. The van der Waals surface area contributed by atoms with Gasteiger partial charge in [-0.15, -0.1) is 0 Å². The van der Waals surface area contributed by atoms with Crippen LogP contribution in [-0.4, -0.2) is 31.9 Å². The van der Waals surface area contributed by atoms with Crippen molar-refractivity contribution in [1.29, 1.82) is 0 Å². The fourth-order valence-electron chi connectivity index (χ4n) is 2.05. The van der Waals surface area contributed by atoms with E-state index < -0.39 is 11.6 Å². The lowest BCUT2D eigenvalue weighted by Gasteiger charge is -2.11. The topological polar surface area (TPSA) is 38.8 Å². The van der Waals surface area contributed by atoms with E-state index in [9.17, 15) is 9.18 Å². The van der Waals surface area contributed by atoms with Crippen LogP contribution in [0.1, 0.15) is 15.9 Å². The van der Waals surface area contributed by atoms with E-state index in [4.69, 9.17) is 9.47 Å². The van der Waals surface area contributed by atoms with Crippen molar-refractivity contribution in [2.75, 3.05) is 21.2 Å². The Morgan fingerprint density at radius 3 is 2.50 bits per heavy atom. The van der Waals surface area contributed by atoms with E-state index in [1.807, 2.05) is 24.3 Å². The lowest BCUT2D eigenvalue weighted by atomic mass is 10.1. The molecule has 2 aromatic carbocycles. The number of methoxy groups -OCH3 is 1. The SMILES string of the molecule is COc1ccc(COc2cccc(F)c2C(=O)/C=C/N(C)C)cc1. The van der Waals surface area contributed by atoms with Crippen molar-refractivity contribution in [1.82, 2.24) is 4.90 Å². The lowest BCUT2D eigenvalue weighted by Crippen LogP contribution is -2.07. The van der Waals surface area contributed by atoms with Crippen LogP contribution >= 0.6 is 0 Å². The van der Waals surface area contributed by atoms with Gasteiger partial charge in [0, 0.05) is 26.4 Å². The van der Waals surface area contributed by atoms with Crippen LogP contribution in [0.2, 0.25) is 0 Å². The Hall–Kier alpha value is -2.82. The molecule has 0 aliphatic rings. The number of nitrogens with zero attached hydrogens (tertiary/aromatic N) is 1. The highest BCUT2D eigenvalue weighted by atomic mass is 19.1. The third kappa shape index (κ3) is 4.59. The summed E-state index contributed by atoms with van der Waals surface area (Å²) in [7, 11) is 5.16. The highest BCUT2D eigenvalue weighted by molar-refractivity contribution is 6.06. The number of rotatable bonds is 7. The quantitative estimate of drug-likeness (QED) is 0.574. The van der Waals surface area contributed by atoms with Crippen LogP contribution in [0.5, 0.6) is 11.5 Å². The number of allylic oxidation sites excluding steroid dienone is 1. The zero-order chi connectivity index (χ0) is 17.5. The molecule has 0 heterocycles. The third-order valence-electron chi connectivity index (χ3n) is 3.30. The molecule has 0 radical (unpaired) electrons. The Kier molecular flexibility index (Phi) is 5.95. The summed E-state index contributed by atoms with van der Waals surface area (Å²) < 4.78 is 24.8. The second-order valence-corrected chi connectivity index (χ2v) is 5.39. The van der Waals surface area contributed by atoms with Gasteiger partial charge in [-0.05, 0) is 29.8 Å². The Balaban J connectivity index is 2.17. The molecule has 0 N–H and O–H groups in total. The smallest absolute Gasteiger partial charge is 0.193 e. The van der Waals surface area contributed by atoms with Crippen molar-refractivity contribution in [3.8, 4) is 11.5 Å². The maximum atomic E-state index is 14.1. The minimum Gasteiger partial charge on any atom is -0.497 e. The molecule has 5 heteroatoms. The standard InChI is InChI=1S/C19H20FNO3/c1-21(2)12-11-17(22)19-16(20)5-4-6-18(19)24-13-14-7-9-15(23-3)10-8-14/h4-12H,13H2,1-3H3/b12-11+. The second kappa shape index (κ2) is 8.15. The fourth-order valence-corrected chi connectivity index (χ4v) is 2.05. The van der Waals surface area contributed by atoms with Crippen molar-refractivity contribution in [2.24, 2.45) is 0 Å². The van der Waals surface area contributed by atoms with Gasteiger partial charge in [0.05, 0.1) is 12.7 Å². The summed E-state index contributed by atoms with van der Waals surface area (Å²) in [5.74, 6) is -0.0735. The van der Waals surface area contributed by atoms with Gasteiger partial charge in [-0.3, -0.25) is 4.79 Å². The van der Waals surface area contributed by atoms with E-state index in [2.05, 4.69) is 0 Å². The largest absolute Gasteiger partial charge is 0.497 e. The highest BCUT2D eigenvalue weighted by Gasteiger charge is 2.16. The third-order valence-corrected chi connectivity index (χ3v) is 3.30. The summed E-state index contributed by atoms with van der Waals surface area (Å²) in [4.78, 5) is 13.9. The first kappa shape index (κ1) is 17.5. The minimum atomic E-state index is -0.601.